The van der Waals surface area contributed by atoms with E-state index in [4.69, 9.17) is 0 Å². The molecule has 1 aromatic rings. The number of anilines is 1. The van der Waals surface area contributed by atoms with Crippen LogP contribution in [0.3, 0.4) is 0 Å². The van der Waals surface area contributed by atoms with Gasteiger partial charge in [0.25, 0.3) is 5.91 Å². The summed E-state index contributed by atoms with van der Waals surface area (Å²) in [6, 6.07) is 4.15. The minimum atomic E-state index is -0.988. The van der Waals surface area contributed by atoms with Crippen LogP contribution in [0.2, 0.25) is 0 Å². The lowest BCUT2D eigenvalue weighted by molar-refractivity contribution is -0.133. The van der Waals surface area contributed by atoms with Crippen molar-refractivity contribution in [3.63, 3.8) is 0 Å². The van der Waals surface area contributed by atoms with Crippen LogP contribution in [-0.2, 0) is 14.3 Å². The second-order valence-corrected chi connectivity index (χ2v) is 6.08. The molecule has 1 atom stereocenters. The van der Waals surface area contributed by atoms with Crippen LogP contribution in [0, 0.1) is 6.92 Å². The van der Waals surface area contributed by atoms with Crippen molar-refractivity contribution in [2.75, 3.05) is 19.0 Å². The van der Waals surface area contributed by atoms with Gasteiger partial charge in [-0.1, -0.05) is 13.0 Å². The average Bonchev–Trinajstić information content (AvgIpc) is 2.80. The lowest BCUT2D eigenvalue weighted by Crippen LogP contribution is -2.44. The Balaban J connectivity index is 2.12. The zero-order chi connectivity index (χ0) is 18.8. The zero-order valence-electron chi connectivity index (χ0n) is 14.6. The molecule has 4 amide bonds. The molecule has 8 heteroatoms. The quantitative estimate of drug-likeness (QED) is 0.619. The lowest BCUT2D eigenvalue weighted by Gasteiger charge is -2.19. The van der Waals surface area contributed by atoms with E-state index in [1.165, 1.54) is 13.2 Å². The van der Waals surface area contributed by atoms with Gasteiger partial charge in [0.15, 0.2) is 0 Å². The Kier molecular flexibility index (Phi) is 5.10. The van der Waals surface area contributed by atoms with E-state index in [0.717, 1.165) is 10.5 Å². The monoisotopic (exact) mass is 347 g/mol. The largest absolute Gasteiger partial charge is 0.465 e. The van der Waals surface area contributed by atoms with E-state index in [9.17, 15) is 19.2 Å². The summed E-state index contributed by atoms with van der Waals surface area (Å²) in [7, 11) is 1.27. The van der Waals surface area contributed by atoms with Crippen LogP contribution in [0.5, 0.6) is 0 Å². The summed E-state index contributed by atoms with van der Waals surface area (Å²) in [5, 5.41) is 5.21. The number of hydrogen-bond acceptors (Lipinski definition) is 5. The first-order valence-electron chi connectivity index (χ1n) is 7.84. The Morgan fingerprint density at radius 2 is 2.00 bits per heavy atom. The van der Waals surface area contributed by atoms with Gasteiger partial charge in [0.2, 0.25) is 5.91 Å². The van der Waals surface area contributed by atoms with E-state index in [2.05, 4.69) is 15.4 Å². The standard InChI is InChI=1S/C17H21N3O5/c1-5-17(3)15(23)20(16(24)19-17)9-13(21)18-12-8-11(14(22)25-4)7-6-10(12)2/h6-8H,5,9H2,1-4H3,(H,18,21)(H,19,24). The highest BCUT2D eigenvalue weighted by molar-refractivity contribution is 6.10. The van der Waals surface area contributed by atoms with Gasteiger partial charge < -0.3 is 15.4 Å². The van der Waals surface area contributed by atoms with E-state index in [1.807, 2.05) is 0 Å². The number of methoxy groups -OCH3 is 1. The number of benzene rings is 1. The van der Waals surface area contributed by atoms with Gasteiger partial charge in [-0.2, -0.15) is 0 Å². The van der Waals surface area contributed by atoms with Crippen molar-refractivity contribution in [1.82, 2.24) is 10.2 Å². The van der Waals surface area contributed by atoms with E-state index in [1.54, 1.807) is 32.9 Å². The fraction of sp³-hybridized carbons (Fsp3) is 0.412. The van der Waals surface area contributed by atoms with Crippen molar-refractivity contribution in [1.29, 1.82) is 0 Å². The second kappa shape index (κ2) is 6.92. The molecule has 0 radical (unpaired) electrons. The Morgan fingerprint density at radius 1 is 1.32 bits per heavy atom. The maximum Gasteiger partial charge on any atom is 0.337 e. The number of hydrogen-bond donors (Lipinski definition) is 2. The highest BCUT2D eigenvalue weighted by Gasteiger charge is 2.46. The number of urea groups is 1. The minimum absolute atomic E-state index is 0.289. The van der Waals surface area contributed by atoms with E-state index in [-0.39, 0.29) is 5.56 Å². The fourth-order valence-corrected chi connectivity index (χ4v) is 2.47. The Hall–Kier alpha value is -2.90. The van der Waals surface area contributed by atoms with Crippen LogP contribution >= 0.6 is 0 Å². The SMILES string of the molecule is CCC1(C)NC(=O)N(CC(=O)Nc2cc(C(=O)OC)ccc2C)C1=O. The van der Waals surface area contributed by atoms with Gasteiger partial charge in [0.1, 0.15) is 12.1 Å². The smallest absolute Gasteiger partial charge is 0.337 e. The van der Waals surface area contributed by atoms with Crippen LogP contribution < -0.4 is 10.6 Å². The number of nitrogens with zero attached hydrogens (tertiary/aromatic N) is 1. The van der Waals surface area contributed by atoms with Crippen LogP contribution in [0.25, 0.3) is 0 Å². The molecular formula is C17H21N3O5. The van der Waals surface area contributed by atoms with Crippen molar-refractivity contribution in [3.8, 4) is 0 Å². The van der Waals surface area contributed by atoms with Gasteiger partial charge in [-0.15, -0.1) is 0 Å². The molecular weight excluding hydrogens is 326 g/mol. The minimum Gasteiger partial charge on any atom is -0.465 e. The molecule has 1 fully saturated rings. The first-order chi connectivity index (χ1) is 11.7. The summed E-state index contributed by atoms with van der Waals surface area (Å²) in [6.07, 6.45) is 0.427. The molecule has 2 N–H and O–H groups in total. The molecule has 0 saturated carbocycles. The summed E-state index contributed by atoms with van der Waals surface area (Å²) in [5.74, 6) is -1.49. The molecule has 0 aliphatic carbocycles. The van der Waals surface area contributed by atoms with Crippen molar-refractivity contribution >= 4 is 29.5 Å². The van der Waals surface area contributed by atoms with Crippen molar-refractivity contribution in [2.24, 2.45) is 0 Å². The van der Waals surface area contributed by atoms with Crippen LogP contribution in [0.4, 0.5) is 10.5 Å². The van der Waals surface area contributed by atoms with E-state index in [0.29, 0.717) is 12.1 Å². The topological polar surface area (TPSA) is 105 Å². The molecule has 2 rings (SSSR count). The number of ether oxygens (including phenoxy) is 1. The molecule has 1 heterocycles. The number of aryl methyl sites for hydroxylation is 1. The summed E-state index contributed by atoms with van der Waals surface area (Å²) >= 11 is 0. The van der Waals surface area contributed by atoms with E-state index >= 15 is 0 Å². The van der Waals surface area contributed by atoms with Gasteiger partial charge in [-0.05, 0) is 38.0 Å². The van der Waals surface area contributed by atoms with Gasteiger partial charge >= 0.3 is 12.0 Å². The van der Waals surface area contributed by atoms with Gasteiger partial charge in [0, 0.05) is 5.69 Å². The zero-order valence-corrected chi connectivity index (χ0v) is 14.6. The third kappa shape index (κ3) is 3.62. The molecule has 0 aromatic heterocycles. The highest BCUT2D eigenvalue weighted by Crippen LogP contribution is 2.21. The maximum atomic E-state index is 12.3. The number of nitrogens with one attached hydrogen (secondary N) is 2. The third-order valence-electron chi connectivity index (χ3n) is 4.29. The Bertz CT molecular complexity index is 746. The van der Waals surface area contributed by atoms with E-state index < -0.39 is 35.9 Å². The molecule has 1 aliphatic heterocycles. The van der Waals surface area contributed by atoms with Crippen LogP contribution in [-0.4, -0.2) is 47.9 Å². The number of esters is 1. The number of carbonyl (C=O) groups excluding carboxylic acids is 4. The number of carbonyl (C=O) groups is 4. The summed E-state index contributed by atoms with van der Waals surface area (Å²) in [5.41, 5.74) is 0.449. The molecule has 1 unspecified atom stereocenters. The summed E-state index contributed by atoms with van der Waals surface area (Å²) in [6.45, 7) is 4.76. The Labute approximate surface area is 145 Å². The Morgan fingerprint density at radius 3 is 2.56 bits per heavy atom. The number of amides is 4. The average molecular weight is 347 g/mol. The maximum absolute atomic E-state index is 12.3. The number of rotatable bonds is 5. The lowest BCUT2D eigenvalue weighted by atomic mass is 9.99. The molecule has 0 spiro atoms. The van der Waals surface area contributed by atoms with Crippen molar-refractivity contribution in [3.05, 3.63) is 29.3 Å². The normalized spacial score (nSPS) is 19.6. The third-order valence-corrected chi connectivity index (χ3v) is 4.29. The molecule has 134 valence electrons. The molecule has 0 bridgehead atoms. The molecule has 1 aliphatic rings. The molecule has 8 nitrogen and oxygen atoms in total. The van der Waals surface area contributed by atoms with Gasteiger partial charge in [0.05, 0.1) is 12.7 Å². The molecule has 25 heavy (non-hydrogen) atoms. The van der Waals surface area contributed by atoms with Crippen LogP contribution in [0.15, 0.2) is 18.2 Å². The van der Waals surface area contributed by atoms with Gasteiger partial charge in [-0.3, -0.25) is 14.5 Å². The summed E-state index contributed by atoms with van der Waals surface area (Å²) < 4.78 is 4.65. The van der Waals surface area contributed by atoms with Crippen molar-refractivity contribution in [2.45, 2.75) is 32.7 Å². The van der Waals surface area contributed by atoms with Gasteiger partial charge in [-0.25, -0.2) is 9.59 Å². The molecule has 1 aromatic carbocycles. The fourth-order valence-electron chi connectivity index (χ4n) is 2.47. The first-order valence-corrected chi connectivity index (χ1v) is 7.84. The highest BCUT2D eigenvalue weighted by atomic mass is 16.5. The van der Waals surface area contributed by atoms with Crippen LogP contribution in [0.1, 0.15) is 36.2 Å². The predicted octanol–water partition coefficient (Wildman–Crippen LogP) is 1.44. The second-order valence-electron chi connectivity index (χ2n) is 6.08. The first kappa shape index (κ1) is 18.4. The predicted molar refractivity (Wildman–Crippen MR) is 90.1 cm³/mol. The summed E-state index contributed by atoms with van der Waals surface area (Å²) in [4.78, 5) is 49.0. The number of imide groups is 1. The molecule has 1 saturated heterocycles. The van der Waals surface area contributed by atoms with Crippen molar-refractivity contribution < 1.29 is 23.9 Å².